The summed E-state index contributed by atoms with van der Waals surface area (Å²) in [6, 6.07) is 7.32. The molecule has 35 heavy (non-hydrogen) atoms. The maximum Gasteiger partial charge on any atom is 0.337 e. The number of ether oxygens (including phenoxy) is 1. The molecule has 0 spiro atoms. The second-order valence-electron chi connectivity index (χ2n) is 11.2. The van der Waals surface area contributed by atoms with Crippen molar-refractivity contribution in [2.75, 3.05) is 13.7 Å². The Bertz CT molecular complexity index is 859. The van der Waals surface area contributed by atoms with E-state index in [0.29, 0.717) is 31.4 Å². The molecule has 1 aromatic rings. The van der Waals surface area contributed by atoms with Crippen molar-refractivity contribution in [3.8, 4) is 0 Å². The summed E-state index contributed by atoms with van der Waals surface area (Å²) in [5.41, 5.74) is 1.58. The summed E-state index contributed by atoms with van der Waals surface area (Å²) < 4.78 is 11.1. The first-order chi connectivity index (χ1) is 16.3. The van der Waals surface area contributed by atoms with Gasteiger partial charge in [0, 0.05) is 19.1 Å². The van der Waals surface area contributed by atoms with E-state index in [1.165, 1.54) is 7.11 Å². The number of likely N-dealkylation sites (tertiary alicyclic amines) is 1. The number of carbonyl (C=O) groups excluding carboxylic acids is 2. The van der Waals surface area contributed by atoms with Gasteiger partial charge in [-0.25, -0.2) is 4.79 Å². The molecule has 0 aliphatic carbocycles. The number of aliphatic hydroxyl groups excluding tert-OH is 1. The molecular formula is C28H45NO5Si. The van der Waals surface area contributed by atoms with E-state index in [-0.39, 0.29) is 29.1 Å². The lowest BCUT2D eigenvalue weighted by Gasteiger charge is -2.38. The van der Waals surface area contributed by atoms with E-state index in [9.17, 15) is 14.7 Å². The highest BCUT2D eigenvalue weighted by atomic mass is 28.4. The van der Waals surface area contributed by atoms with Crippen LogP contribution in [0.1, 0.15) is 75.7 Å². The molecule has 0 bridgehead atoms. The molecular weight excluding hydrogens is 458 g/mol. The van der Waals surface area contributed by atoms with E-state index in [2.05, 4.69) is 40.8 Å². The Morgan fingerprint density at radius 3 is 2.49 bits per heavy atom. The molecule has 1 aliphatic heterocycles. The minimum atomic E-state index is -1.77. The molecule has 2 rings (SSSR count). The van der Waals surface area contributed by atoms with Gasteiger partial charge >= 0.3 is 5.97 Å². The van der Waals surface area contributed by atoms with Crippen LogP contribution < -0.4 is 0 Å². The first-order valence-corrected chi connectivity index (χ1v) is 15.8. The molecule has 0 saturated carbocycles. The molecule has 1 fully saturated rings. The number of benzene rings is 1. The lowest BCUT2D eigenvalue weighted by Crippen LogP contribution is -2.43. The van der Waals surface area contributed by atoms with Gasteiger partial charge in [-0.1, -0.05) is 45.1 Å². The minimum Gasteiger partial charge on any atom is -0.465 e. The quantitative estimate of drug-likeness (QED) is 0.231. The Labute approximate surface area is 212 Å². The molecule has 3 atom stereocenters. The molecule has 0 unspecified atom stereocenters. The largest absolute Gasteiger partial charge is 0.465 e. The van der Waals surface area contributed by atoms with Crippen molar-refractivity contribution in [1.82, 2.24) is 4.90 Å². The predicted molar refractivity (Wildman–Crippen MR) is 143 cm³/mol. The highest BCUT2D eigenvalue weighted by Crippen LogP contribution is 2.37. The molecule has 0 radical (unpaired) electrons. The van der Waals surface area contributed by atoms with Gasteiger partial charge in [-0.2, -0.15) is 0 Å². The number of methoxy groups -OCH3 is 1. The second kappa shape index (κ2) is 12.8. The van der Waals surface area contributed by atoms with Crippen LogP contribution in [0.5, 0.6) is 0 Å². The predicted octanol–water partition coefficient (Wildman–Crippen LogP) is 5.50. The third-order valence-corrected chi connectivity index (χ3v) is 12.0. The summed E-state index contributed by atoms with van der Waals surface area (Å²) in [6.07, 6.45) is 8.06. The molecule has 1 amide bonds. The summed E-state index contributed by atoms with van der Waals surface area (Å²) in [5, 5.41) is 10.7. The maximum atomic E-state index is 12.4. The Morgan fingerprint density at radius 1 is 1.23 bits per heavy atom. The Kier molecular flexibility index (Phi) is 10.7. The summed E-state index contributed by atoms with van der Waals surface area (Å²) >= 11 is 0. The Hall–Kier alpha value is -1.96. The van der Waals surface area contributed by atoms with E-state index >= 15 is 0 Å². The summed E-state index contributed by atoms with van der Waals surface area (Å²) in [7, 11) is -0.403. The standard InChI is InChI=1S/C28H45NO5Si/c1-21(34-35(6,7)28(2,3)4)9-8-10-25(30)17-15-24-16-18-26(31)29(24)20-19-22-11-13-23(14-12-22)27(32)33-5/h11-15,17,21,24-25,30H,8-10,16,18-20H2,1-7H3/b17-15+/t21-,24+,25-/m1/s1. The number of esters is 1. The topological polar surface area (TPSA) is 76.1 Å². The molecule has 1 saturated heterocycles. The SMILES string of the molecule is COC(=O)c1ccc(CCN2C(=O)CC[C@@H]2/C=C/[C@H](O)CCC[C@@H](C)O[Si](C)(C)C(C)(C)C)cc1. The Morgan fingerprint density at radius 2 is 1.89 bits per heavy atom. The average molecular weight is 504 g/mol. The van der Waals surface area contributed by atoms with Crippen molar-refractivity contribution in [2.45, 2.75) is 103 Å². The number of hydrogen-bond acceptors (Lipinski definition) is 5. The highest BCUT2D eigenvalue weighted by Gasteiger charge is 2.38. The number of rotatable bonds is 12. The van der Waals surface area contributed by atoms with E-state index < -0.39 is 14.4 Å². The van der Waals surface area contributed by atoms with Crippen LogP contribution in [0, 0.1) is 0 Å². The van der Waals surface area contributed by atoms with Crippen molar-refractivity contribution in [2.24, 2.45) is 0 Å². The lowest BCUT2D eigenvalue weighted by molar-refractivity contribution is -0.128. The van der Waals surface area contributed by atoms with Crippen molar-refractivity contribution in [1.29, 1.82) is 0 Å². The van der Waals surface area contributed by atoms with Gasteiger partial charge in [-0.05, 0) is 74.9 Å². The average Bonchev–Trinajstić information content (AvgIpc) is 3.14. The van der Waals surface area contributed by atoms with Crippen LogP contribution in [0.3, 0.4) is 0 Å². The van der Waals surface area contributed by atoms with Crippen LogP contribution in [0.4, 0.5) is 0 Å². The fourth-order valence-corrected chi connectivity index (χ4v) is 5.60. The normalized spacial score (nSPS) is 18.8. The molecule has 1 aromatic carbocycles. The molecule has 0 aromatic heterocycles. The van der Waals surface area contributed by atoms with Crippen molar-refractivity contribution in [3.63, 3.8) is 0 Å². The maximum absolute atomic E-state index is 12.4. The van der Waals surface area contributed by atoms with Crippen LogP contribution in [-0.2, 0) is 20.4 Å². The van der Waals surface area contributed by atoms with Gasteiger partial charge in [0.15, 0.2) is 8.32 Å². The van der Waals surface area contributed by atoms with Crippen LogP contribution in [-0.4, -0.2) is 62.1 Å². The number of aliphatic hydroxyl groups is 1. The van der Waals surface area contributed by atoms with Gasteiger partial charge in [0.1, 0.15) is 0 Å². The Balaban J connectivity index is 1.80. The highest BCUT2D eigenvalue weighted by molar-refractivity contribution is 6.74. The van der Waals surface area contributed by atoms with Gasteiger partial charge in [0.25, 0.3) is 0 Å². The van der Waals surface area contributed by atoms with E-state index in [0.717, 1.165) is 24.8 Å². The number of nitrogens with zero attached hydrogens (tertiary/aromatic N) is 1. The molecule has 1 heterocycles. The van der Waals surface area contributed by atoms with Crippen LogP contribution >= 0.6 is 0 Å². The molecule has 1 aliphatic rings. The number of amides is 1. The summed E-state index contributed by atoms with van der Waals surface area (Å²) in [4.78, 5) is 25.9. The molecule has 7 heteroatoms. The van der Waals surface area contributed by atoms with Crippen LogP contribution in [0.2, 0.25) is 18.1 Å². The fourth-order valence-electron chi connectivity index (χ4n) is 4.13. The number of hydrogen-bond donors (Lipinski definition) is 1. The summed E-state index contributed by atoms with van der Waals surface area (Å²) in [6.45, 7) is 14.0. The van der Waals surface area contributed by atoms with E-state index in [1.54, 1.807) is 12.1 Å². The third-order valence-electron chi connectivity index (χ3n) is 7.36. The first-order valence-electron chi connectivity index (χ1n) is 12.8. The monoisotopic (exact) mass is 503 g/mol. The van der Waals surface area contributed by atoms with Crippen LogP contribution in [0.15, 0.2) is 36.4 Å². The minimum absolute atomic E-state index is 0.0207. The zero-order chi connectivity index (χ0) is 26.2. The molecule has 6 nitrogen and oxygen atoms in total. The first kappa shape index (κ1) is 29.3. The second-order valence-corrected chi connectivity index (χ2v) is 16.0. The van der Waals surface area contributed by atoms with Gasteiger partial charge in [-0.3, -0.25) is 4.79 Å². The molecule has 1 N–H and O–H groups in total. The van der Waals surface area contributed by atoms with Crippen molar-refractivity contribution < 1.29 is 23.9 Å². The van der Waals surface area contributed by atoms with Crippen LogP contribution in [0.25, 0.3) is 0 Å². The zero-order valence-electron chi connectivity index (χ0n) is 22.7. The number of carbonyl (C=O) groups is 2. The lowest BCUT2D eigenvalue weighted by atomic mass is 10.1. The molecule has 196 valence electrons. The van der Waals surface area contributed by atoms with Crippen molar-refractivity contribution >= 4 is 20.2 Å². The van der Waals surface area contributed by atoms with E-state index in [1.807, 2.05) is 29.2 Å². The van der Waals surface area contributed by atoms with Gasteiger partial charge in [-0.15, -0.1) is 0 Å². The van der Waals surface area contributed by atoms with Gasteiger partial charge in [0.2, 0.25) is 5.91 Å². The van der Waals surface area contributed by atoms with Crippen molar-refractivity contribution in [3.05, 3.63) is 47.5 Å². The van der Waals surface area contributed by atoms with E-state index in [4.69, 9.17) is 9.16 Å². The summed E-state index contributed by atoms with van der Waals surface area (Å²) in [5.74, 6) is -0.204. The fraction of sp³-hybridized carbons (Fsp3) is 0.643. The van der Waals surface area contributed by atoms with Gasteiger partial charge < -0.3 is 19.2 Å². The zero-order valence-corrected chi connectivity index (χ0v) is 23.7. The third kappa shape index (κ3) is 8.88. The smallest absolute Gasteiger partial charge is 0.337 e. The van der Waals surface area contributed by atoms with Gasteiger partial charge in [0.05, 0.1) is 24.8 Å².